The highest BCUT2D eigenvalue weighted by Gasteiger charge is 2.36. The SMILES string of the molecule is O=c1n(-c2ccccc2)nnn1C(F)(F)F. The Bertz CT molecular complexity index is 542. The number of alkyl halides is 3. The summed E-state index contributed by atoms with van der Waals surface area (Å²) in [5.41, 5.74) is -1.12. The average Bonchev–Trinajstić information content (AvgIpc) is 2.61. The van der Waals surface area contributed by atoms with Crippen LogP contribution >= 0.6 is 0 Å². The van der Waals surface area contributed by atoms with Crippen LogP contribution in [0.25, 0.3) is 5.69 Å². The molecule has 0 N–H and O–H groups in total. The summed E-state index contributed by atoms with van der Waals surface area (Å²) >= 11 is 0. The molecule has 0 bridgehead atoms. The number of aromatic nitrogens is 4. The van der Waals surface area contributed by atoms with Gasteiger partial charge in [0.2, 0.25) is 0 Å². The Labute approximate surface area is 86.7 Å². The van der Waals surface area contributed by atoms with Crippen molar-refractivity contribution in [3.05, 3.63) is 40.8 Å². The molecular formula is C8H5F3N4O. The van der Waals surface area contributed by atoms with Crippen LogP contribution in [0.2, 0.25) is 0 Å². The quantitative estimate of drug-likeness (QED) is 0.731. The van der Waals surface area contributed by atoms with Crippen LogP contribution in [0.3, 0.4) is 0 Å². The van der Waals surface area contributed by atoms with Crippen molar-refractivity contribution in [2.24, 2.45) is 0 Å². The highest BCUT2D eigenvalue weighted by Crippen LogP contribution is 2.17. The third-order valence-corrected chi connectivity index (χ3v) is 1.82. The third kappa shape index (κ3) is 1.69. The number of tetrazole rings is 1. The smallest absolute Gasteiger partial charge is 0.244 e. The standard InChI is InChI=1S/C8H5F3N4O/c9-8(10,11)15-7(16)14(12-13-15)6-4-2-1-3-5-6/h1-5H. The number of benzene rings is 1. The van der Waals surface area contributed by atoms with E-state index in [1.165, 1.54) is 12.1 Å². The van der Waals surface area contributed by atoms with E-state index in [1.54, 1.807) is 18.2 Å². The number of hydrogen-bond acceptors (Lipinski definition) is 3. The monoisotopic (exact) mass is 230 g/mol. The molecule has 0 amide bonds. The highest BCUT2D eigenvalue weighted by atomic mass is 19.4. The molecule has 2 rings (SSSR count). The van der Waals surface area contributed by atoms with E-state index in [0.29, 0.717) is 4.68 Å². The van der Waals surface area contributed by atoms with Crippen LogP contribution in [0, 0.1) is 0 Å². The zero-order valence-corrected chi connectivity index (χ0v) is 7.72. The van der Waals surface area contributed by atoms with Gasteiger partial charge in [-0.05, 0) is 22.6 Å². The summed E-state index contributed by atoms with van der Waals surface area (Å²) in [6, 6.07) is 7.74. The Kier molecular flexibility index (Phi) is 2.26. The van der Waals surface area contributed by atoms with Crippen LogP contribution < -0.4 is 5.69 Å². The van der Waals surface area contributed by atoms with Crippen molar-refractivity contribution in [2.75, 3.05) is 0 Å². The lowest BCUT2D eigenvalue weighted by molar-refractivity contribution is -0.215. The van der Waals surface area contributed by atoms with Crippen LogP contribution in [0.1, 0.15) is 0 Å². The van der Waals surface area contributed by atoms with Crippen LogP contribution in [-0.4, -0.2) is 19.8 Å². The van der Waals surface area contributed by atoms with E-state index in [-0.39, 0.29) is 5.69 Å². The number of rotatable bonds is 1. The molecule has 5 nitrogen and oxygen atoms in total. The molecule has 0 aliphatic rings. The van der Waals surface area contributed by atoms with Gasteiger partial charge in [-0.3, -0.25) is 0 Å². The van der Waals surface area contributed by atoms with E-state index in [1.807, 2.05) is 0 Å². The van der Waals surface area contributed by atoms with Gasteiger partial charge in [0.05, 0.1) is 5.69 Å². The molecule has 84 valence electrons. The normalized spacial score (nSPS) is 11.7. The number of hydrogen-bond donors (Lipinski definition) is 0. The molecule has 1 aromatic heterocycles. The number of para-hydroxylation sites is 1. The van der Waals surface area contributed by atoms with Gasteiger partial charge in [0.25, 0.3) is 0 Å². The van der Waals surface area contributed by atoms with Crippen molar-refractivity contribution < 1.29 is 13.2 Å². The predicted molar refractivity (Wildman–Crippen MR) is 46.9 cm³/mol. The van der Waals surface area contributed by atoms with E-state index in [9.17, 15) is 18.0 Å². The molecule has 0 unspecified atom stereocenters. The number of halogens is 3. The van der Waals surface area contributed by atoms with Crippen molar-refractivity contribution >= 4 is 0 Å². The van der Waals surface area contributed by atoms with Gasteiger partial charge < -0.3 is 0 Å². The van der Waals surface area contributed by atoms with Gasteiger partial charge in [-0.1, -0.05) is 22.9 Å². The third-order valence-electron chi connectivity index (χ3n) is 1.82. The van der Waals surface area contributed by atoms with E-state index < -0.39 is 16.7 Å². The molecule has 0 saturated carbocycles. The summed E-state index contributed by atoms with van der Waals surface area (Å²) in [5, 5.41) is 5.91. The summed E-state index contributed by atoms with van der Waals surface area (Å²) in [4.78, 5) is 11.3. The van der Waals surface area contributed by atoms with E-state index >= 15 is 0 Å². The lowest BCUT2D eigenvalue weighted by Crippen LogP contribution is -2.32. The molecule has 0 atom stereocenters. The molecule has 0 spiro atoms. The van der Waals surface area contributed by atoms with Gasteiger partial charge in [-0.15, -0.1) is 13.2 Å². The first-order chi connectivity index (χ1) is 7.50. The average molecular weight is 230 g/mol. The molecule has 0 aliphatic heterocycles. The van der Waals surface area contributed by atoms with Crippen molar-refractivity contribution in [1.82, 2.24) is 19.8 Å². The van der Waals surface area contributed by atoms with Crippen molar-refractivity contribution in [3.8, 4) is 5.69 Å². The van der Waals surface area contributed by atoms with Gasteiger partial charge in [0, 0.05) is 0 Å². The summed E-state index contributed by atoms with van der Waals surface area (Å²) < 4.78 is 36.6. The Hall–Kier alpha value is -2.12. The van der Waals surface area contributed by atoms with Gasteiger partial charge in [0.1, 0.15) is 0 Å². The topological polar surface area (TPSA) is 52.7 Å². The Balaban J connectivity index is 2.55. The van der Waals surface area contributed by atoms with Crippen molar-refractivity contribution in [1.29, 1.82) is 0 Å². The Morgan fingerprint density at radius 1 is 1.06 bits per heavy atom. The minimum Gasteiger partial charge on any atom is -0.244 e. The molecule has 1 aromatic carbocycles. The maximum absolute atomic E-state index is 12.2. The van der Waals surface area contributed by atoms with E-state index in [4.69, 9.17) is 0 Å². The minimum absolute atomic E-state index is 0.225. The maximum Gasteiger partial charge on any atom is 0.510 e. The minimum atomic E-state index is -4.86. The second-order valence-electron chi connectivity index (χ2n) is 2.89. The van der Waals surface area contributed by atoms with Crippen molar-refractivity contribution in [2.45, 2.75) is 6.30 Å². The maximum atomic E-state index is 12.2. The van der Waals surface area contributed by atoms with Gasteiger partial charge in [-0.25, -0.2) is 4.79 Å². The molecule has 2 aromatic rings. The second kappa shape index (κ2) is 3.47. The lowest BCUT2D eigenvalue weighted by atomic mass is 10.3. The fourth-order valence-electron chi connectivity index (χ4n) is 1.14. The molecule has 16 heavy (non-hydrogen) atoms. The van der Waals surface area contributed by atoms with Gasteiger partial charge in [0.15, 0.2) is 0 Å². The van der Waals surface area contributed by atoms with E-state index in [0.717, 1.165) is 0 Å². The Morgan fingerprint density at radius 2 is 1.69 bits per heavy atom. The predicted octanol–water partition coefficient (Wildman–Crippen LogP) is 0.905. The summed E-state index contributed by atoms with van der Waals surface area (Å²) in [5.74, 6) is 0. The summed E-state index contributed by atoms with van der Waals surface area (Å²) in [6.45, 7) is 0. The zero-order valence-electron chi connectivity index (χ0n) is 7.72. The van der Waals surface area contributed by atoms with Crippen LogP contribution in [0.4, 0.5) is 13.2 Å². The van der Waals surface area contributed by atoms with Gasteiger partial charge in [-0.2, -0.15) is 4.68 Å². The zero-order chi connectivity index (χ0) is 11.8. The fourth-order valence-corrected chi connectivity index (χ4v) is 1.14. The summed E-state index contributed by atoms with van der Waals surface area (Å²) in [7, 11) is 0. The molecule has 8 heteroatoms. The molecule has 0 aliphatic carbocycles. The second-order valence-corrected chi connectivity index (χ2v) is 2.89. The summed E-state index contributed by atoms with van der Waals surface area (Å²) in [6.07, 6.45) is -4.86. The largest absolute Gasteiger partial charge is 0.510 e. The van der Waals surface area contributed by atoms with Crippen LogP contribution in [0.5, 0.6) is 0 Å². The number of nitrogens with zero attached hydrogens (tertiary/aromatic N) is 4. The first kappa shape index (κ1) is 10.4. The van der Waals surface area contributed by atoms with E-state index in [2.05, 4.69) is 10.4 Å². The van der Waals surface area contributed by atoms with Crippen LogP contribution in [-0.2, 0) is 6.30 Å². The highest BCUT2D eigenvalue weighted by molar-refractivity contribution is 5.28. The fraction of sp³-hybridized carbons (Fsp3) is 0.125. The Morgan fingerprint density at radius 3 is 2.19 bits per heavy atom. The van der Waals surface area contributed by atoms with Crippen molar-refractivity contribution in [3.63, 3.8) is 0 Å². The molecule has 0 radical (unpaired) electrons. The van der Waals surface area contributed by atoms with Gasteiger partial charge >= 0.3 is 12.0 Å². The first-order valence-electron chi connectivity index (χ1n) is 4.18. The molecule has 0 fully saturated rings. The molecule has 0 saturated heterocycles. The first-order valence-corrected chi connectivity index (χ1v) is 4.18. The van der Waals surface area contributed by atoms with Crippen LogP contribution in [0.15, 0.2) is 35.1 Å². The molecular weight excluding hydrogens is 225 g/mol. The molecule has 1 heterocycles. The lowest BCUT2D eigenvalue weighted by Gasteiger charge is -2.01.